The lowest BCUT2D eigenvalue weighted by atomic mass is 10.0. The van der Waals surface area contributed by atoms with E-state index in [9.17, 15) is 9.90 Å². The van der Waals surface area contributed by atoms with E-state index in [2.05, 4.69) is 5.32 Å². The Morgan fingerprint density at radius 1 is 1.47 bits per heavy atom. The van der Waals surface area contributed by atoms with Crippen molar-refractivity contribution < 1.29 is 9.90 Å². The Balaban J connectivity index is 1.99. The molecule has 1 aliphatic rings. The Kier molecular flexibility index (Phi) is 4.66. The highest BCUT2D eigenvalue weighted by molar-refractivity contribution is 6.30. The largest absolute Gasteiger partial charge is 0.465 e. The number of nitrogens with one attached hydrogen (secondary N) is 1. The normalized spacial score (nSPS) is 23.4. The van der Waals surface area contributed by atoms with E-state index in [1.54, 1.807) is 4.90 Å². The standard InChI is InChI=1S/C14H19ClN2O2/c1-2-13-8-16-12(9-17(13)14(18)19)7-10-3-5-11(15)6-4-10/h3-6,12-13,16H,2,7-9H2,1H3,(H,18,19)/t12-,13-/m0/s1. The summed E-state index contributed by atoms with van der Waals surface area (Å²) in [4.78, 5) is 12.8. The van der Waals surface area contributed by atoms with Gasteiger partial charge in [0.1, 0.15) is 0 Å². The van der Waals surface area contributed by atoms with Crippen LogP contribution < -0.4 is 5.32 Å². The molecule has 0 spiro atoms. The number of hydrogen-bond donors (Lipinski definition) is 2. The van der Waals surface area contributed by atoms with Crippen molar-refractivity contribution in [3.05, 3.63) is 34.9 Å². The molecule has 1 heterocycles. The number of piperazine rings is 1. The third kappa shape index (κ3) is 3.61. The van der Waals surface area contributed by atoms with Gasteiger partial charge in [-0.2, -0.15) is 0 Å². The number of rotatable bonds is 3. The van der Waals surface area contributed by atoms with Gasteiger partial charge in [0.2, 0.25) is 0 Å². The summed E-state index contributed by atoms with van der Waals surface area (Å²) in [7, 11) is 0. The van der Waals surface area contributed by atoms with Gasteiger partial charge in [0.15, 0.2) is 0 Å². The van der Waals surface area contributed by atoms with Crippen molar-refractivity contribution in [2.75, 3.05) is 13.1 Å². The molecular weight excluding hydrogens is 264 g/mol. The summed E-state index contributed by atoms with van der Waals surface area (Å²) in [6.07, 6.45) is 0.833. The molecule has 0 radical (unpaired) electrons. The Morgan fingerprint density at radius 3 is 2.74 bits per heavy atom. The molecule has 104 valence electrons. The monoisotopic (exact) mass is 282 g/mol. The van der Waals surface area contributed by atoms with Gasteiger partial charge >= 0.3 is 6.09 Å². The van der Waals surface area contributed by atoms with Crippen LogP contribution in [0.1, 0.15) is 18.9 Å². The maximum absolute atomic E-state index is 11.2. The predicted octanol–water partition coefficient (Wildman–Crippen LogP) is 2.61. The van der Waals surface area contributed by atoms with Gasteiger partial charge in [0.05, 0.1) is 0 Å². The van der Waals surface area contributed by atoms with E-state index < -0.39 is 6.09 Å². The molecule has 0 aromatic heterocycles. The van der Waals surface area contributed by atoms with Gasteiger partial charge in [-0.1, -0.05) is 30.7 Å². The third-order valence-corrected chi connectivity index (χ3v) is 3.86. The minimum atomic E-state index is -0.825. The lowest BCUT2D eigenvalue weighted by molar-refractivity contribution is 0.0970. The zero-order valence-corrected chi connectivity index (χ0v) is 11.7. The first-order valence-corrected chi connectivity index (χ1v) is 6.95. The number of carboxylic acid groups (broad SMARTS) is 1. The predicted molar refractivity (Wildman–Crippen MR) is 75.8 cm³/mol. The maximum Gasteiger partial charge on any atom is 0.407 e. The highest BCUT2D eigenvalue weighted by Crippen LogP contribution is 2.15. The molecule has 2 rings (SSSR count). The third-order valence-electron chi connectivity index (χ3n) is 3.61. The molecule has 1 fully saturated rings. The molecule has 1 aromatic carbocycles. The van der Waals surface area contributed by atoms with Gasteiger partial charge < -0.3 is 15.3 Å². The second-order valence-electron chi connectivity index (χ2n) is 4.93. The molecular formula is C14H19ClN2O2. The molecule has 0 unspecified atom stereocenters. The fraction of sp³-hybridized carbons (Fsp3) is 0.500. The van der Waals surface area contributed by atoms with Crippen molar-refractivity contribution >= 4 is 17.7 Å². The first-order valence-electron chi connectivity index (χ1n) is 6.57. The Morgan fingerprint density at radius 2 is 2.16 bits per heavy atom. The maximum atomic E-state index is 11.2. The zero-order valence-electron chi connectivity index (χ0n) is 11.0. The highest BCUT2D eigenvalue weighted by Gasteiger charge is 2.29. The first-order chi connectivity index (χ1) is 9.10. The van der Waals surface area contributed by atoms with Crippen LogP contribution in [0.3, 0.4) is 0 Å². The molecule has 2 atom stereocenters. The Bertz CT molecular complexity index is 436. The van der Waals surface area contributed by atoms with Crippen LogP contribution in [-0.4, -0.2) is 41.3 Å². The minimum absolute atomic E-state index is 0.0824. The van der Waals surface area contributed by atoms with Crippen molar-refractivity contribution in [3.63, 3.8) is 0 Å². The SMILES string of the molecule is CC[C@H]1CN[C@@H](Cc2ccc(Cl)cc2)CN1C(=O)O. The van der Waals surface area contributed by atoms with Crippen LogP contribution in [0.25, 0.3) is 0 Å². The fourth-order valence-corrected chi connectivity index (χ4v) is 2.63. The van der Waals surface area contributed by atoms with E-state index in [0.29, 0.717) is 6.54 Å². The summed E-state index contributed by atoms with van der Waals surface area (Å²) >= 11 is 5.86. The topological polar surface area (TPSA) is 52.6 Å². The van der Waals surface area contributed by atoms with Crippen molar-refractivity contribution in [2.45, 2.75) is 31.8 Å². The van der Waals surface area contributed by atoms with E-state index in [1.807, 2.05) is 31.2 Å². The second kappa shape index (κ2) is 6.26. The Labute approximate surface area is 118 Å². The van der Waals surface area contributed by atoms with Crippen LogP contribution in [0.4, 0.5) is 4.79 Å². The average molecular weight is 283 g/mol. The summed E-state index contributed by atoms with van der Waals surface area (Å²) in [5.74, 6) is 0. The molecule has 19 heavy (non-hydrogen) atoms. The summed E-state index contributed by atoms with van der Waals surface area (Å²) < 4.78 is 0. The molecule has 1 aliphatic heterocycles. The first kappa shape index (κ1) is 14.2. The number of halogens is 1. The molecule has 1 amide bonds. The van der Waals surface area contributed by atoms with Gasteiger partial charge in [-0.05, 0) is 30.5 Å². The van der Waals surface area contributed by atoms with E-state index in [1.165, 1.54) is 5.56 Å². The highest BCUT2D eigenvalue weighted by atomic mass is 35.5. The van der Waals surface area contributed by atoms with Gasteiger partial charge in [0, 0.05) is 30.2 Å². The van der Waals surface area contributed by atoms with E-state index in [4.69, 9.17) is 11.6 Å². The van der Waals surface area contributed by atoms with Crippen LogP contribution in [0.5, 0.6) is 0 Å². The van der Waals surface area contributed by atoms with Crippen molar-refractivity contribution in [2.24, 2.45) is 0 Å². The second-order valence-corrected chi connectivity index (χ2v) is 5.37. The number of benzene rings is 1. The van der Waals surface area contributed by atoms with Crippen LogP contribution in [-0.2, 0) is 6.42 Å². The van der Waals surface area contributed by atoms with Crippen molar-refractivity contribution in [1.82, 2.24) is 10.2 Å². The van der Waals surface area contributed by atoms with Crippen LogP contribution >= 0.6 is 11.6 Å². The molecule has 5 heteroatoms. The van der Waals surface area contributed by atoms with Gasteiger partial charge in [-0.3, -0.25) is 0 Å². The average Bonchev–Trinajstić information content (AvgIpc) is 2.41. The van der Waals surface area contributed by atoms with Crippen LogP contribution in [0, 0.1) is 0 Å². The van der Waals surface area contributed by atoms with Gasteiger partial charge in [0.25, 0.3) is 0 Å². The van der Waals surface area contributed by atoms with Crippen molar-refractivity contribution in [1.29, 1.82) is 0 Å². The van der Waals surface area contributed by atoms with Crippen molar-refractivity contribution in [3.8, 4) is 0 Å². The van der Waals surface area contributed by atoms with Crippen LogP contribution in [0.15, 0.2) is 24.3 Å². The van der Waals surface area contributed by atoms with E-state index in [0.717, 1.165) is 24.4 Å². The minimum Gasteiger partial charge on any atom is -0.465 e. The fourth-order valence-electron chi connectivity index (χ4n) is 2.50. The number of carbonyl (C=O) groups is 1. The van der Waals surface area contributed by atoms with Crippen LogP contribution in [0.2, 0.25) is 5.02 Å². The Hall–Kier alpha value is -1.26. The molecule has 2 N–H and O–H groups in total. The van der Waals surface area contributed by atoms with Gasteiger partial charge in [-0.25, -0.2) is 4.79 Å². The summed E-state index contributed by atoms with van der Waals surface area (Å²) in [5, 5.41) is 13.4. The number of hydrogen-bond acceptors (Lipinski definition) is 2. The molecule has 1 saturated heterocycles. The smallest absolute Gasteiger partial charge is 0.407 e. The summed E-state index contributed by atoms with van der Waals surface area (Å²) in [6.45, 7) is 3.28. The molecule has 0 aliphatic carbocycles. The lowest BCUT2D eigenvalue weighted by Gasteiger charge is -2.38. The zero-order chi connectivity index (χ0) is 13.8. The molecule has 0 bridgehead atoms. The van der Waals surface area contributed by atoms with Gasteiger partial charge in [-0.15, -0.1) is 0 Å². The lowest BCUT2D eigenvalue weighted by Crippen LogP contribution is -2.58. The molecule has 1 aromatic rings. The molecule has 4 nitrogen and oxygen atoms in total. The number of amides is 1. The summed E-state index contributed by atoms with van der Waals surface area (Å²) in [5.41, 5.74) is 1.17. The van der Waals surface area contributed by atoms with E-state index >= 15 is 0 Å². The molecule has 0 saturated carbocycles. The summed E-state index contributed by atoms with van der Waals surface area (Å²) in [6, 6.07) is 7.95. The number of nitrogens with zero attached hydrogens (tertiary/aromatic N) is 1. The quantitative estimate of drug-likeness (QED) is 0.896. The van der Waals surface area contributed by atoms with E-state index in [-0.39, 0.29) is 12.1 Å².